The Morgan fingerprint density at radius 2 is 0.731 bits per heavy atom. The van der Waals surface area contributed by atoms with Gasteiger partial charge in [-0.25, -0.2) is 0 Å². The van der Waals surface area contributed by atoms with E-state index < -0.39 is 21.5 Å². The van der Waals surface area contributed by atoms with Gasteiger partial charge in [-0.05, 0) is 0 Å². The first kappa shape index (κ1) is 35.5. The summed E-state index contributed by atoms with van der Waals surface area (Å²) in [6.07, 6.45) is 6.81. The van der Waals surface area contributed by atoms with E-state index in [4.69, 9.17) is 17.0 Å². The van der Waals surface area contributed by atoms with Crippen LogP contribution in [0.3, 0.4) is 0 Å². The fourth-order valence-corrected chi connectivity index (χ4v) is 40.8. The van der Waals surface area contributed by atoms with Crippen LogP contribution in [0.15, 0.2) is 157 Å². The summed E-state index contributed by atoms with van der Waals surface area (Å²) in [5.74, 6) is -1.79. The molecule has 0 fully saturated rings. The van der Waals surface area contributed by atoms with Crippen molar-refractivity contribution in [3.8, 4) is 44.5 Å². The number of hydrogen-bond acceptors (Lipinski definition) is 0. The molecule has 0 spiro atoms. The summed E-state index contributed by atoms with van der Waals surface area (Å²) in [7, 11) is 18.0. The monoisotopic (exact) mass is 809 g/mol. The van der Waals surface area contributed by atoms with Gasteiger partial charge in [0.05, 0.1) is 0 Å². The fraction of sp³-hybridized carbons (Fsp3) is 0.167. The van der Waals surface area contributed by atoms with Crippen molar-refractivity contribution >= 4 is 35.1 Å². The molecule has 2 unspecified atom stereocenters. The van der Waals surface area contributed by atoms with Gasteiger partial charge in [0.25, 0.3) is 0 Å². The van der Waals surface area contributed by atoms with Gasteiger partial charge in [0.15, 0.2) is 0 Å². The number of benzene rings is 6. The van der Waals surface area contributed by atoms with Crippen LogP contribution >= 0.6 is 17.0 Å². The van der Waals surface area contributed by atoms with E-state index in [2.05, 4.69) is 185 Å². The molecule has 0 saturated heterocycles. The molecule has 0 aliphatic heterocycles. The maximum absolute atomic E-state index is 9.02. The molecule has 2 aliphatic carbocycles. The van der Waals surface area contributed by atoms with E-state index in [1.807, 2.05) is 0 Å². The zero-order valence-electron chi connectivity index (χ0n) is 30.4. The second-order valence-corrected chi connectivity index (χ2v) is 57.3. The molecule has 0 aromatic heterocycles. The van der Waals surface area contributed by atoms with Crippen LogP contribution < -0.4 is 0 Å². The average molecular weight is 812 g/mol. The summed E-state index contributed by atoms with van der Waals surface area (Å²) in [5, 5.41) is 0. The van der Waals surface area contributed by atoms with Crippen LogP contribution in [0.25, 0.3) is 56.7 Å². The SMILES string of the molecule is CCC1=Cc2c(-c3ccccc3)ccc(-c3ccccc3)c2[CH]1[Zr]([Cl])([Cl])([CH]1C(CC)=Cc2c(-c3ccccc3)ccc(-c3ccccc3)c21)[SiH](C)C. The Morgan fingerprint density at radius 3 is 1.02 bits per heavy atom. The third-order valence-corrected chi connectivity index (χ3v) is 63.7. The Hall–Kier alpha value is -3.52. The van der Waals surface area contributed by atoms with Crippen LogP contribution in [0.2, 0.25) is 13.1 Å². The van der Waals surface area contributed by atoms with Crippen LogP contribution in [0.4, 0.5) is 0 Å². The third-order valence-electron chi connectivity index (χ3n) is 11.9. The topological polar surface area (TPSA) is 0 Å². The Bertz CT molecular complexity index is 2170. The molecule has 2 atom stereocenters. The Balaban J connectivity index is 1.46. The van der Waals surface area contributed by atoms with Gasteiger partial charge in [-0.2, -0.15) is 0 Å². The summed E-state index contributed by atoms with van der Waals surface area (Å²) >= 11 is -5.14. The Labute approximate surface area is 318 Å². The van der Waals surface area contributed by atoms with Crippen molar-refractivity contribution in [1.29, 1.82) is 0 Å². The van der Waals surface area contributed by atoms with Crippen LogP contribution in [0.1, 0.15) is 56.2 Å². The second kappa shape index (κ2) is 14.0. The molecule has 0 bridgehead atoms. The van der Waals surface area contributed by atoms with Crippen LogP contribution in [0, 0.1) is 0 Å². The summed E-state index contributed by atoms with van der Waals surface area (Å²) in [6, 6.07) is 52.9. The number of fused-ring (bicyclic) bond motifs is 2. The third kappa shape index (κ3) is 5.65. The van der Waals surface area contributed by atoms with Crippen molar-refractivity contribution in [2.45, 2.75) is 47.0 Å². The first-order valence-electron chi connectivity index (χ1n) is 18.8. The standard InChI is InChI=1S/2C23H19.C2H7Si.2ClH.Zr/c2*1-2-17-15-22-20(18-9-5-3-6-10-18)13-14-21(23(22)16-17)19-11-7-4-8-12-19;1-3-2;;;/h2*3-16H,2H2,1H3;3H,1-2H3;2*1H;/q;;;;;+2/p-2. The molecule has 0 N–H and O–H groups in total. The quantitative estimate of drug-likeness (QED) is 0.128. The van der Waals surface area contributed by atoms with Gasteiger partial charge in [-0.3, -0.25) is 0 Å². The predicted octanol–water partition coefficient (Wildman–Crippen LogP) is 14.7. The molecule has 52 heavy (non-hydrogen) atoms. The molecule has 2 aliphatic rings. The van der Waals surface area contributed by atoms with Crippen molar-refractivity contribution in [3.63, 3.8) is 0 Å². The van der Waals surface area contributed by atoms with E-state index in [1.54, 1.807) is 0 Å². The van der Waals surface area contributed by atoms with E-state index in [0.717, 1.165) is 12.8 Å². The van der Waals surface area contributed by atoms with Gasteiger partial charge < -0.3 is 0 Å². The number of halogens is 2. The normalized spacial score (nSPS) is 17.2. The van der Waals surface area contributed by atoms with Gasteiger partial charge >= 0.3 is 321 Å². The molecular formula is C48H45Cl2SiZr. The molecule has 8 rings (SSSR count). The summed E-state index contributed by atoms with van der Waals surface area (Å²) < 4.78 is -0.0181. The first-order chi connectivity index (χ1) is 25.3. The molecule has 0 nitrogen and oxygen atoms in total. The minimum absolute atomic E-state index is 0.00906. The summed E-state index contributed by atoms with van der Waals surface area (Å²) in [4.78, 5) is 0. The Morgan fingerprint density at radius 1 is 0.442 bits per heavy atom. The van der Waals surface area contributed by atoms with Crippen molar-refractivity contribution in [2.75, 3.05) is 0 Å². The maximum atomic E-state index is 9.02. The van der Waals surface area contributed by atoms with Crippen molar-refractivity contribution < 1.29 is 15.6 Å². The molecule has 4 heteroatoms. The zero-order chi connectivity index (χ0) is 36.1. The molecule has 6 aromatic carbocycles. The molecule has 0 amide bonds. The average Bonchev–Trinajstić information content (AvgIpc) is 3.80. The van der Waals surface area contributed by atoms with E-state index in [0.29, 0.717) is 0 Å². The number of hydrogen-bond donors (Lipinski definition) is 0. The molecule has 0 radical (unpaired) electrons. The van der Waals surface area contributed by atoms with E-state index >= 15 is 0 Å². The van der Waals surface area contributed by atoms with Crippen molar-refractivity contribution in [3.05, 3.63) is 179 Å². The second-order valence-electron chi connectivity index (χ2n) is 14.8. The van der Waals surface area contributed by atoms with Gasteiger partial charge in [-0.1, -0.05) is 0 Å². The van der Waals surface area contributed by atoms with Gasteiger partial charge in [0.2, 0.25) is 0 Å². The number of allylic oxidation sites excluding steroid dienone is 2. The Kier molecular flexibility index (Phi) is 9.59. The van der Waals surface area contributed by atoms with Crippen LogP contribution in [-0.4, -0.2) is 5.92 Å². The summed E-state index contributed by atoms with van der Waals surface area (Å²) in [5.41, 5.74) is 18.0. The van der Waals surface area contributed by atoms with Gasteiger partial charge in [0.1, 0.15) is 0 Å². The molecule has 0 saturated carbocycles. The van der Waals surface area contributed by atoms with E-state index in [9.17, 15) is 0 Å². The first-order valence-corrected chi connectivity index (χ1v) is 35.1. The number of rotatable bonds is 9. The molecule has 6 aromatic rings. The molecular weight excluding hydrogens is 767 g/mol. The van der Waals surface area contributed by atoms with Gasteiger partial charge in [0, 0.05) is 0 Å². The zero-order valence-corrected chi connectivity index (χ0v) is 35.5. The van der Waals surface area contributed by atoms with Crippen LogP contribution in [0.5, 0.6) is 0 Å². The molecule has 259 valence electrons. The fourth-order valence-electron chi connectivity index (χ4n) is 9.30. The van der Waals surface area contributed by atoms with E-state index in [-0.39, 0.29) is 7.25 Å². The summed E-state index contributed by atoms with van der Waals surface area (Å²) in [6.45, 7) is 9.55. The predicted molar refractivity (Wildman–Crippen MR) is 227 cm³/mol. The minimum atomic E-state index is -5.14. The van der Waals surface area contributed by atoms with E-state index in [1.165, 1.54) is 77.9 Å². The van der Waals surface area contributed by atoms with Crippen molar-refractivity contribution in [2.24, 2.45) is 0 Å². The van der Waals surface area contributed by atoms with Crippen molar-refractivity contribution in [1.82, 2.24) is 0 Å². The van der Waals surface area contributed by atoms with Crippen LogP contribution in [-0.2, 0) is 15.6 Å². The molecule has 0 heterocycles. The van der Waals surface area contributed by atoms with Gasteiger partial charge in [-0.15, -0.1) is 0 Å².